The number of anilines is 1. The number of aromatic nitrogens is 7. The molecule has 4 aromatic heterocycles. The summed E-state index contributed by atoms with van der Waals surface area (Å²) in [5.74, 6) is 0.730. The molecule has 0 spiro atoms. The van der Waals surface area contributed by atoms with Crippen molar-refractivity contribution in [3.05, 3.63) is 41.1 Å². The van der Waals surface area contributed by atoms with Gasteiger partial charge in [-0.2, -0.15) is 0 Å². The van der Waals surface area contributed by atoms with Crippen LogP contribution >= 0.6 is 38.1 Å². The first-order chi connectivity index (χ1) is 23.5. The normalized spacial score (nSPS) is 35.3. The van der Waals surface area contributed by atoms with Gasteiger partial charge in [0, 0.05) is 19.2 Å². The number of nitrogens with one attached hydrogen (secondary N) is 1. The van der Waals surface area contributed by atoms with Gasteiger partial charge in [0.05, 0.1) is 38.1 Å². The van der Waals surface area contributed by atoms with Gasteiger partial charge in [-0.15, -0.1) is 0 Å². The number of hydrogen-bond acceptors (Lipinski definition) is 16. The van der Waals surface area contributed by atoms with Crippen LogP contribution in [-0.2, 0) is 49.7 Å². The van der Waals surface area contributed by atoms with E-state index in [0.29, 0.717) is 5.65 Å². The summed E-state index contributed by atoms with van der Waals surface area (Å²) in [4.78, 5) is 30.2. The Bertz CT molecular complexity index is 2060. The highest BCUT2D eigenvalue weighted by molar-refractivity contribution is 8.44. The first kappa shape index (κ1) is 33.7. The molecule has 19 nitrogen and oxygen atoms in total. The van der Waals surface area contributed by atoms with E-state index in [0.717, 1.165) is 36.2 Å². The lowest BCUT2D eigenvalue weighted by Gasteiger charge is -2.26. The highest BCUT2D eigenvalue weighted by Gasteiger charge is 2.51. The van der Waals surface area contributed by atoms with Gasteiger partial charge in [-0.1, -0.05) is 24.5 Å². The molecule has 8 rings (SSSR count). The maximum absolute atomic E-state index is 13.7. The largest absolute Gasteiger partial charge is 0.395 e. The summed E-state index contributed by atoms with van der Waals surface area (Å²) in [6.45, 7) is -8.74. The molecule has 0 radical (unpaired) electrons. The van der Waals surface area contributed by atoms with Crippen LogP contribution in [0.1, 0.15) is 30.9 Å². The number of fused-ring (bicyclic) bond motifs is 4. The molecular formula is C26H32N8O11P2S2. The van der Waals surface area contributed by atoms with Gasteiger partial charge in [-0.3, -0.25) is 32.0 Å². The van der Waals surface area contributed by atoms with E-state index in [9.17, 15) is 24.1 Å². The lowest BCUT2D eigenvalue weighted by Crippen LogP contribution is -2.35. The molecule has 8 heterocycles. The van der Waals surface area contributed by atoms with Gasteiger partial charge in [-0.25, -0.2) is 29.1 Å². The lowest BCUT2D eigenvalue weighted by molar-refractivity contribution is -0.0565. The highest BCUT2D eigenvalue weighted by Crippen LogP contribution is 2.60. The van der Waals surface area contributed by atoms with Gasteiger partial charge in [-0.05, 0) is 18.4 Å². The standard InChI is InChI=1S/C26H32N8O11P2S2/c35-5-4-32-11-31-24-19(25(32)37)30-12-34(24)26-21-20(36)16(43-26)9-41-46(38,48)44-14-6-17(42-15(14)8-40-47(39,49)45-21)33-7-13-2-1-3-27-22-18(13)23(33)29-10-28-22/h7,10-12,14-17,20-21,26,35-36H,1-6,8-9H2,(H,38,48)(H,39,49)(H,27,28,29)/t14-,15+,16+,17+,20+,21+,26+,46?,47?/m0/s1. The molecule has 0 aliphatic carbocycles. The van der Waals surface area contributed by atoms with Crippen LogP contribution in [0.25, 0.3) is 22.2 Å². The predicted molar refractivity (Wildman–Crippen MR) is 176 cm³/mol. The number of aliphatic hydroxyl groups is 2. The van der Waals surface area contributed by atoms with Crippen LogP contribution in [0, 0.1) is 0 Å². The average molecular weight is 759 g/mol. The van der Waals surface area contributed by atoms with Crippen molar-refractivity contribution < 1.29 is 46.9 Å². The maximum Gasteiger partial charge on any atom is 0.386 e. The summed E-state index contributed by atoms with van der Waals surface area (Å²) < 4.78 is 67.1. The number of thiol groups is 2. The Balaban J connectivity index is 1.08. The molecule has 2 unspecified atom stereocenters. The van der Waals surface area contributed by atoms with E-state index in [4.69, 9.17) is 27.6 Å². The molecule has 4 aromatic rings. The molecule has 2 bridgehead atoms. The third-order valence-electron chi connectivity index (χ3n) is 8.90. The van der Waals surface area contributed by atoms with Crippen LogP contribution in [0.3, 0.4) is 0 Å². The molecule has 4 aliphatic rings. The zero-order valence-corrected chi connectivity index (χ0v) is 29.1. The zero-order valence-electron chi connectivity index (χ0n) is 25.5. The van der Waals surface area contributed by atoms with E-state index < -0.39 is 68.7 Å². The number of aryl methyl sites for hydroxylation is 1. The Morgan fingerprint density at radius 3 is 2.57 bits per heavy atom. The van der Waals surface area contributed by atoms with Gasteiger partial charge >= 0.3 is 13.6 Å². The molecule has 0 saturated carbocycles. The van der Waals surface area contributed by atoms with Crippen LogP contribution in [0.15, 0.2) is 30.0 Å². The molecule has 3 fully saturated rings. The fraction of sp³-hybridized carbons (Fsp3) is 0.577. The Hall–Kier alpha value is -2.39. The van der Waals surface area contributed by atoms with Gasteiger partial charge in [0.15, 0.2) is 17.4 Å². The number of hydrogen-bond donors (Lipinski definition) is 5. The summed E-state index contributed by atoms with van der Waals surface area (Å²) in [6, 6.07) is 0. The van der Waals surface area contributed by atoms with Crippen molar-refractivity contribution >= 4 is 66.1 Å². The van der Waals surface area contributed by atoms with E-state index in [2.05, 4.69) is 49.7 Å². The molecule has 3 saturated heterocycles. The fourth-order valence-electron chi connectivity index (χ4n) is 6.64. The van der Waals surface area contributed by atoms with Crippen LogP contribution in [0.5, 0.6) is 0 Å². The average Bonchev–Trinajstić information content (AvgIpc) is 3.80. The van der Waals surface area contributed by atoms with Crippen molar-refractivity contribution in [1.29, 1.82) is 0 Å². The van der Waals surface area contributed by atoms with Gasteiger partial charge < -0.3 is 29.6 Å². The summed E-state index contributed by atoms with van der Waals surface area (Å²) in [5, 5.41) is 24.7. The van der Waals surface area contributed by atoms with Gasteiger partial charge in [0.25, 0.3) is 5.56 Å². The van der Waals surface area contributed by atoms with Crippen molar-refractivity contribution in [3.8, 4) is 0 Å². The quantitative estimate of drug-likeness (QED) is 0.148. The van der Waals surface area contributed by atoms with Crippen LogP contribution < -0.4 is 10.9 Å². The molecule has 23 heteroatoms. The molecular weight excluding hydrogens is 726 g/mol. The molecule has 9 atom stereocenters. The second-order valence-electron chi connectivity index (χ2n) is 12.0. The Morgan fingerprint density at radius 1 is 0.959 bits per heavy atom. The zero-order chi connectivity index (χ0) is 34.1. The SMILES string of the molecule is O=c1c2ncn([C@@H]3O[C@@H]4COP(=O)(S)O[C@H]5C[C@H](n6cc7c8c(ncnc86)NCCC7)O[C@@H]5COP(=O)(S)O[C@@H]3[C@@H]4O)c2ncn1CCO. The Labute approximate surface area is 287 Å². The number of ether oxygens (including phenoxy) is 2. The van der Waals surface area contributed by atoms with E-state index in [-0.39, 0.29) is 37.3 Å². The molecule has 3 N–H and O–H groups in total. The van der Waals surface area contributed by atoms with E-state index in [1.807, 2.05) is 10.8 Å². The number of nitrogens with zero attached hydrogens (tertiary/aromatic N) is 7. The summed E-state index contributed by atoms with van der Waals surface area (Å²) in [5.41, 5.74) is 1.20. The molecule has 4 aliphatic heterocycles. The number of aliphatic hydroxyl groups excluding tert-OH is 2. The molecule has 264 valence electrons. The first-order valence-corrected chi connectivity index (χ1v) is 20.8. The van der Waals surface area contributed by atoms with Gasteiger partial charge in [0.2, 0.25) is 0 Å². The lowest BCUT2D eigenvalue weighted by atomic mass is 10.1. The second-order valence-corrected chi connectivity index (χ2v) is 17.7. The van der Waals surface area contributed by atoms with Crippen molar-refractivity contribution in [2.75, 3.05) is 31.7 Å². The topological polar surface area (TPSA) is 225 Å². The monoisotopic (exact) mass is 758 g/mol. The van der Waals surface area contributed by atoms with E-state index in [1.165, 1.54) is 28.1 Å². The molecule has 0 aromatic carbocycles. The molecule has 49 heavy (non-hydrogen) atoms. The first-order valence-electron chi connectivity index (χ1n) is 15.4. The smallest absolute Gasteiger partial charge is 0.386 e. The third kappa shape index (κ3) is 6.27. The van der Waals surface area contributed by atoms with Crippen molar-refractivity contribution in [2.24, 2.45) is 0 Å². The second kappa shape index (κ2) is 13.0. The summed E-state index contributed by atoms with van der Waals surface area (Å²) in [6.07, 6.45) is -0.0543. The van der Waals surface area contributed by atoms with Crippen LogP contribution in [-0.4, -0.2) is 101 Å². The number of imidazole rings is 1. The van der Waals surface area contributed by atoms with Crippen LogP contribution in [0.4, 0.5) is 5.82 Å². The minimum atomic E-state index is -4.27. The number of rotatable bonds is 4. The maximum atomic E-state index is 13.7. The minimum Gasteiger partial charge on any atom is -0.395 e. The summed E-state index contributed by atoms with van der Waals surface area (Å²) in [7, 11) is 0. The van der Waals surface area contributed by atoms with Gasteiger partial charge in [0.1, 0.15) is 60.9 Å². The summed E-state index contributed by atoms with van der Waals surface area (Å²) >= 11 is 8.40. The van der Waals surface area contributed by atoms with E-state index in [1.54, 1.807) is 0 Å². The van der Waals surface area contributed by atoms with Crippen molar-refractivity contribution in [3.63, 3.8) is 0 Å². The van der Waals surface area contributed by atoms with Crippen molar-refractivity contribution in [2.45, 2.75) is 68.8 Å². The molecule has 0 amide bonds. The van der Waals surface area contributed by atoms with Crippen LogP contribution in [0.2, 0.25) is 0 Å². The van der Waals surface area contributed by atoms with Crippen molar-refractivity contribution in [1.82, 2.24) is 33.6 Å². The third-order valence-corrected chi connectivity index (χ3v) is 12.2. The Morgan fingerprint density at radius 2 is 1.76 bits per heavy atom. The Kier molecular flexibility index (Phi) is 8.94. The van der Waals surface area contributed by atoms with E-state index >= 15 is 0 Å². The predicted octanol–water partition coefficient (Wildman–Crippen LogP) is 1.83. The minimum absolute atomic E-state index is 0.00655. The highest BCUT2D eigenvalue weighted by atomic mass is 32.7. The fourth-order valence-corrected chi connectivity index (χ4v) is 9.62.